The summed E-state index contributed by atoms with van der Waals surface area (Å²) in [6.45, 7) is 2.81. The molecule has 1 saturated heterocycles. The number of nitrogens with zero attached hydrogens (tertiary/aromatic N) is 2. The SMILES string of the molecule is COc1ccc(N(Cc2cncs2)c2ccc(S(C)(=O)=O)cc2)cc1OCC[C@@H]1CCOC1. The number of rotatable bonds is 10. The van der Waals surface area contributed by atoms with Gasteiger partial charge in [-0.25, -0.2) is 8.42 Å². The molecule has 0 aliphatic carbocycles. The van der Waals surface area contributed by atoms with Gasteiger partial charge >= 0.3 is 0 Å². The Labute approximate surface area is 198 Å². The molecule has 4 rings (SSSR count). The van der Waals surface area contributed by atoms with Crippen LogP contribution in [0.3, 0.4) is 0 Å². The maximum Gasteiger partial charge on any atom is 0.175 e. The Morgan fingerprint density at radius 1 is 1.15 bits per heavy atom. The van der Waals surface area contributed by atoms with E-state index in [9.17, 15) is 8.42 Å². The van der Waals surface area contributed by atoms with Crippen LogP contribution in [0.1, 0.15) is 17.7 Å². The van der Waals surface area contributed by atoms with Crippen molar-refractivity contribution in [3.8, 4) is 11.5 Å². The van der Waals surface area contributed by atoms with E-state index in [1.165, 1.54) is 6.26 Å². The molecule has 0 spiro atoms. The zero-order valence-electron chi connectivity index (χ0n) is 18.8. The van der Waals surface area contributed by atoms with Crippen LogP contribution in [0.25, 0.3) is 0 Å². The lowest BCUT2D eigenvalue weighted by Gasteiger charge is -2.26. The number of ether oxygens (including phenoxy) is 3. The summed E-state index contributed by atoms with van der Waals surface area (Å²) in [6, 6.07) is 12.7. The number of thiazole rings is 1. The summed E-state index contributed by atoms with van der Waals surface area (Å²) in [6.07, 6.45) is 5.06. The molecule has 1 fully saturated rings. The molecule has 1 aliphatic heterocycles. The highest BCUT2D eigenvalue weighted by molar-refractivity contribution is 7.90. The van der Waals surface area contributed by atoms with Gasteiger partial charge in [-0.2, -0.15) is 0 Å². The molecule has 2 aromatic carbocycles. The van der Waals surface area contributed by atoms with Gasteiger partial charge in [0.15, 0.2) is 21.3 Å². The first kappa shape index (κ1) is 23.5. The van der Waals surface area contributed by atoms with E-state index in [0.717, 1.165) is 42.3 Å². The molecule has 0 bridgehead atoms. The normalized spacial score (nSPS) is 16.0. The van der Waals surface area contributed by atoms with E-state index >= 15 is 0 Å². The first-order valence-electron chi connectivity index (χ1n) is 10.8. The van der Waals surface area contributed by atoms with Crippen molar-refractivity contribution in [2.24, 2.45) is 5.92 Å². The predicted molar refractivity (Wildman–Crippen MR) is 130 cm³/mol. The zero-order valence-corrected chi connectivity index (χ0v) is 20.4. The Kier molecular flexibility index (Phi) is 7.52. The summed E-state index contributed by atoms with van der Waals surface area (Å²) in [7, 11) is -1.63. The van der Waals surface area contributed by atoms with Crippen molar-refractivity contribution in [3.63, 3.8) is 0 Å². The maximum atomic E-state index is 11.9. The van der Waals surface area contributed by atoms with Gasteiger partial charge in [0.2, 0.25) is 0 Å². The van der Waals surface area contributed by atoms with E-state index in [1.807, 2.05) is 36.5 Å². The Morgan fingerprint density at radius 3 is 2.58 bits per heavy atom. The number of aromatic nitrogens is 1. The molecule has 0 unspecified atom stereocenters. The van der Waals surface area contributed by atoms with Crippen molar-refractivity contribution in [3.05, 3.63) is 59.0 Å². The van der Waals surface area contributed by atoms with Gasteiger partial charge < -0.3 is 19.1 Å². The summed E-state index contributed by atoms with van der Waals surface area (Å²) in [5.74, 6) is 1.89. The van der Waals surface area contributed by atoms with Crippen LogP contribution < -0.4 is 14.4 Å². The molecule has 3 aromatic rings. The summed E-state index contributed by atoms with van der Waals surface area (Å²) >= 11 is 1.57. The first-order chi connectivity index (χ1) is 15.9. The highest BCUT2D eigenvalue weighted by atomic mass is 32.2. The average Bonchev–Trinajstić information content (AvgIpc) is 3.51. The molecule has 176 valence electrons. The van der Waals surface area contributed by atoms with E-state index in [0.29, 0.717) is 35.5 Å². The topological polar surface area (TPSA) is 78.0 Å². The van der Waals surface area contributed by atoms with Gasteiger partial charge in [-0.3, -0.25) is 4.98 Å². The highest BCUT2D eigenvalue weighted by Crippen LogP contribution is 2.36. The average molecular weight is 489 g/mol. The molecule has 0 amide bonds. The highest BCUT2D eigenvalue weighted by Gasteiger charge is 2.18. The molecule has 0 radical (unpaired) electrons. The van der Waals surface area contributed by atoms with Crippen LogP contribution in [-0.4, -0.2) is 46.6 Å². The second-order valence-electron chi connectivity index (χ2n) is 8.02. The van der Waals surface area contributed by atoms with Crippen molar-refractivity contribution < 1.29 is 22.6 Å². The summed E-state index contributed by atoms with van der Waals surface area (Å²) in [4.78, 5) is 7.67. The van der Waals surface area contributed by atoms with Gasteiger partial charge in [-0.1, -0.05) is 0 Å². The minimum Gasteiger partial charge on any atom is -0.493 e. The molecule has 2 heterocycles. The number of hydrogen-bond donors (Lipinski definition) is 0. The summed E-state index contributed by atoms with van der Waals surface area (Å²) in [5, 5.41) is 0. The van der Waals surface area contributed by atoms with Gasteiger partial charge in [-0.15, -0.1) is 11.3 Å². The molecule has 9 heteroatoms. The third-order valence-electron chi connectivity index (χ3n) is 5.64. The molecule has 1 aliphatic rings. The van der Waals surface area contributed by atoms with Crippen LogP contribution in [0, 0.1) is 5.92 Å². The molecule has 1 aromatic heterocycles. The number of benzene rings is 2. The minimum absolute atomic E-state index is 0.290. The number of methoxy groups -OCH3 is 1. The van der Waals surface area contributed by atoms with Crippen LogP contribution in [0.2, 0.25) is 0 Å². The molecule has 0 N–H and O–H groups in total. The van der Waals surface area contributed by atoms with Gasteiger partial charge in [0.25, 0.3) is 0 Å². The first-order valence-corrected chi connectivity index (χ1v) is 13.5. The lowest BCUT2D eigenvalue weighted by Crippen LogP contribution is -2.16. The second kappa shape index (κ2) is 10.5. The monoisotopic (exact) mass is 488 g/mol. The molecule has 1 atom stereocenters. The van der Waals surface area contributed by atoms with Crippen molar-refractivity contribution >= 4 is 32.5 Å². The molecule has 7 nitrogen and oxygen atoms in total. The molecule has 33 heavy (non-hydrogen) atoms. The lowest BCUT2D eigenvalue weighted by molar-refractivity contribution is 0.177. The summed E-state index contributed by atoms with van der Waals surface area (Å²) in [5.41, 5.74) is 3.58. The number of hydrogen-bond acceptors (Lipinski definition) is 8. The standard InChI is InChI=1S/C24H28N2O5S2/c1-29-23-8-5-20(13-24(23)31-12-10-18-9-11-30-16-18)26(15-21-14-25-17-32-21)19-3-6-22(7-4-19)33(2,27)28/h3-8,13-14,17-18H,9-12,15-16H2,1-2H3/t18-/m0/s1. The van der Waals surface area contributed by atoms with Crippen molar-refractivity contribution in [2.45, 2.75) is 24.3 Å². The van der Waals surface area contributed by atoms with Crippen LogP contribution >= 0.6 is 11.3 Å². The smallest absolute Gasteiger partial charge is 0.175 e. The van der Waals surface area contributed by atoms with Crippen molar-refractivity contribution in [1.29, 1.82) is 0 Å². The van der Waals surface area contributed by atoms with Crippen LogP contribution in [0.5, 0.6) is 11.5 Å². The van der Waals surface area contributed by atoms with Crippen LogP contribution in [-0.2, 0) is 21.1 Å². The third kappa shape index (κ3) is 6.04. The van der Waals surface area contributed by atoms with E-state index in [-0.39, 0.29) is 0 Å². The fraction of sp³-hybridized carbons (Fsp3) is 0.375. The van der Waals surface area contributed by atoms with E-state index in [1.54, 1.807) is 36.1 Å². The molecular weight excluding hydrogens is 460 g/mol. The molecular formula is C24H28N2O5S2. The lowest BCUT2D eigenvalue weighted by atomic mass is 10.1. The minimum atomic E-state index is -3.26. The third-order valence-corrected chi connectivity index (χ3v) is 7.53. The van der Waals surface area contributed by atoms with Crippen LogP contribution in [0.4, 0.5) is 11.4 Å². The Bertz CT molecular complexity index is 1140. The fourth-order valence-corrected chi connectivity index (χ4v) is 4.99. The van der Waals surface area contributed by atoms with Crippen LogP contribution in [0.15, 0.2) is 59.1 Å². The fourth-order valence-electron chi connectivity index (χ4n) is 3.77. The Morgan fingerprint density at radius 2 is 1.94 bits per heavy atom. The second-order valence-corrected chi connectivity index (χ2v) is 11.0. The van der Waals surface area contributed by atoms with E-state index < -0.39 is 9.84 Å². The zero-order chi connectivity index (χ0) is 23.3. The quantitative estimate of drug-likeness (QED) is 0.409. The van der Waals surface area contributed by atoms with E-state index in [4.69, 9.17) is 14.2 Å². The summed E-state index contributed by atoms with van der Waals surface area (Å²) < 4.78 is 40.9. The van der Waals surface area contributed by atoms with Gasteiger partial charge in [0.1, 0.15) is 0 Å². The number of sulfone groups is 1. The largest absolute Gasteiger partial charge is 0.493 e. The van der Waals surface area contributed by atoms with Gasteiger partial charge in [0, 0.05) is 48.0 Å². The van der Waals surface area contributed by atoms with Crippen molar-refractivity contribution in [1.82, 2.24) is 4.98 Å². The van der Waals surface area contributed by atoms with Gasteiger partial charge in [-0.05, 0) is 55.2 Å². The maximum absolute atomic E-state index is 11.9. The van der Waals surface area contributed by atoms with Gasteiger partial charge in [0.05, 0.1) is 30.7 Å². The predicted octanol–water partition coefficient (Wildman–Crippen LogP) is 4.70. The van der Waals surface area contributed by atoms with Crippen molar-refractivity contribution in [2.75, 3.05) is 38.1 Å². The molecule has 0 saturated carbocycles. The number of anilines is 2. The Balaban J connectivity index is 1.61. The Hall–Kier alpha value is -2.62. The van der Waals surface area contributed by atoms with E-state index in [2.05, 4.69) is 9.88 Å².